The Morgan fingerprint density at radius 3 is 2.41 bits per heavy atom. The predicted octanol–water partition coefficient (Wildman–Crippen LogP) is 4.42. The van der Waals surface area contributed by atoms with Gasteiger partial charge in [0.05, 0.1) is 22.7 Å². The Morgan fingerprint density at radius 1 is 1.03 bits per heavy atom. The number of carbonyl (C=O) groups excluding carboxylic acids is 2. The number of carbonyl (C=O) groups is 2. The standard InChI is InChI=1S/C30H34N6O3/c1-30(2,3)39-29(38)36-12-10-23(11-13-36)24-8-9-25-26(18-24)33-27(32-25)28(37)35-16-14-34(15-17-35)20-22-6-4-21(19-31)5-7-22/h4-10,18H,11-17,20H2,1-3H3,(H,32,33). The van der Waals surface area contributed by atoms with Crippen LogP contribution in [0.25, 0.3) is 16.6 Å². The highest BCUT2D eigenvalue weighted by Gasteiger charge is 2.26. The molecule has 2 aliphatic heterocycles. The second-order valence-electron chi connectivity index (χ2n) is 11.1. The number of imidazole rings is 1. The molecule has 1 aromatic heterocycles. The molecule has 202 valence electrons. The maximum Gasteiger partial charge on any atom is 0.410 e. The van der Waals surface area contributed by atoms with Crippen LogP contribution in [0.4, 0.5) is 4.79 Å². The maximum atomic E-state index is 13.2. The van der Waals surface area contributed by atoms with Crippen molar-refractivity contribution in [2.45, 2.75) is 39.3 Å². The minimum absolute atomic E-state index is 0.0874. The number of hydrogen-bond acceptors (Lipinski definition) is 6. The molecule has 39 heavy (non-hydrogen) atoms. The number of nitrogens with one attached hydrogen (secondary N) is 1. The number of nitriles is 1. The monoisotopic (exact) mass is 526 g/mol. The van der Waals surface area contributed by atoms with Gasteiger partial charge in [0.15, 0.2) is 5.82 Å². The van der Waals surface area contributed by atoms with E-state index >= 15 is 0 Å². The van der Waals surface area contributed by atoms with Crippen molar-refractivity contribution in [3.05, 3.63) is 71.1 Å². The lowest BCUT2D eigenvalue weighted by molar-refractivity contribution is 0.0270. The first-order chi connectivity index (χ1) is 18.7. The van der Waals surface area contributed by atoms with Crippen molar-refractivity contribution >= 4 is 28.6 Å². The van der Waals surface area contributed by atoms with Crippen molar-refractivity contribution in [3.8, 4) is 6.07 Å². The molecule has 2 amide bonds. The molecule has 0 radical (unpaired) electrons. The quantitative estimate of drug-likeness (QED) is 0.540. The number of fused-ring (bicyclic) bond motifs is 1. The van der Waals surface area contributed by atoms with Crippen LogP contribution in [0.1, 0.15) is 54.5 Å². The number of nitrogens with zero attached hydrogens (tertiary/aromatic N) is 5. The fourth-order valence-corrected chi connectivity index (χ4v) is 4.94. The van der Waals surface area contributed by atoms with E-state index in [1.807, 2.05) is 68.1 Å². The summed E-state index contributed by atoms with van der Waals surface area (Å²) < 4.78 is 5.49. The average molecular weight is 527 g/mol. The van der Waals surface area contributed by atoms with E-state index in [-0.39, 0.29) is 12.0 Å². The van der Waals surface area contributed by atoms with Crippen molar-refractivity contribution in [1.82, 2.24) is 24.7 Å². The Hall–Kier alpha value is -4.16. The molecule has 3 aromatic rings. The molecular weight excluding hydrogens is 492 g/mol. The molecule has 3 heterocycles. The largest absolute Gasteiger partial charge is 0.444 e. The van der Waals surface area contributed by atoms with E-state index in [1.54, 1.807) is 4.90 Å². The average Bonchev–Trinajstić information content (AvgIpc) is 3.36. The molecule has 2 aromatic carbocycles. The molecule has 0 unspecified atom stereocenters. The highest BCUT2D eigenvalue weighted by Crippen LogP contribution is 2.26. The van der Waals surface area contributed by atoms with Crippen LogP contribution < -0.4 is 0 Å². The van der Waals surface area contributed by atoms with Gasteiger partial charge in [0.2, 0.25) is 0 Å². The van der Waals surface area contributed by atoms with Crippen molar-refractivity contribution in [1.29, 1.82) is 5.26 Å². The fourth-order valence-electron chi connectivity index (χ4n) is 4.94. The van der Waals surface area contributed by atoms with Gasteiger partial charge in [-0.25, -0.2) is 9.78 Å². The number of aromatic amines is 1. The third kappa shape index (κ3) is 6.29. The van der Waals surface area contributed by atoms with E-state index in [0.717, 1.165) is 53.8 Å². The molecule has 0 aliphatic carbocycles. The summed E-state index contributed by atoms with van der Waals surface area (Å²) in [6.45, 7) is 10.4. The molecule has 1 N–H and O–H groups in total. The molecule has 2 aliphatic rings. The lowest BCUT2D eigenvalue weighted by Crippen LogP contribution is -2.48. The molecular formula is C30H34N6O3. The molecule has 1 saturated heterocycles. The number of H-pyrrole nitrogens is 1. The van der Waals surface area contributed by atoms with Gasteiger partial charge in [-0.05, 0) is 68.2 Å². The third-order valence-electron chi connectivity index (χ3n) is 7.06. The van der Waals surface area contributed by atoms with E-state index < -0.39 is 5.60 Å². The highest BCUT2D eigenvalue weighted by atomic mass is 16.6. The third-order valence-corrected chi connectivity index (χ3v) is 7.06. The molecule has 5 rings (SSSR count). The van der Waals surface area contributed by atoms with Gasteiger partial charge in [-0.1, -0.05) is 24.3 Å². The summed E-state index contributed by atoms with van der Waals surface area (Å²) in [7, 11) is 0. The van der Waals surface area contributed by atoms with Gasteiger partial charge in [-0.2, -0.15) is 5.26 Å². The topological polar surface area (TPSA) is 106 Å². The minimum Gasteiger partial charge on any atom is -0.444 e. The first kappa shape index (κ1) is 26.4. The predicted molar refractivity (Wildman–Crippen MR) is 149 cm³/mol. The van der Waals surface area contributed by atoms with E-state index in [9.17, 15) is 9.59 Å². The Labute approximate surface area is 228 Å². The normalized spacial score (nSPS) is 16.6. The van der Waals surface area contributed by atoms with Crippen molar-refractivity contribution in [3.63, 3.8) is 0 Å². The molecule has 0 saturated carbocycles. The maximum absolute atomic E-state index is 13.2. The van der Waals surface area contributed by atoms with Crippen LogP contribution in [0.5, 0.6) is 0 Å². The van der Waals surface area contributed by atoms with E-state index in [2.05, 4.69) is 27.0 Å². The first-order valence-electron chi connectivity index (χ1n) is 13.4. The van der Waals surface area contributed by atoms with Gasteiger partial charge in [-0.15, -0.1) is 0 Å². The summed E-state index contributed by atoms with van der Waals surface area (Å²) in [5.74, 6) is 0.270. The van der Waals surface area contributed by atoms with E-state index in [0.29, 0.717) is 37.6 Å². The Balaban J connectivity index is 1.19. The van der Waals surface area contributed by atoms with E-state index in [1.165, 1.54) is 0 Å². The van der Waals surface area contributed by atoms with Crippen LogP contribution in [0.3, 0.4) is 0 Å². The molecule has 9 nitrogen and oxygen atoms in total. The Bertz CT molecular complexity index is 1440. The minimum atomic E-state index is -0.512. The van der Waals surface area contributed by atoms with Crippen LogP contribution in [0, 0.1) is 11.3 Å². The number of ether oxygens (including phenoxy) is 1. The van der Waals surface area contributed by atoms with Gasteiger partial charge < -0.3 is 19.5 Å². The zero-order chi connectivity index (χ0) is 27.6. The fraction of sp³-hybridized carbons (Fsp3) is 0.400. The summed E-state index contributed by atoms with van der Waals surface area (Å²) in [6.07, 6.45) is 2.51. The smallest absolute Gasteiger partial charge is 0.410 e. The Morgan fingerprint density at radius 2 is 1.77 bits per heavy atom. The number of piperazine rings is 1. The lowest BCUT2D eigenvalue weighted by atomic mass is 9.99. The van der Waals surface area contributed by atoms with Crippen LogP contribution in [-0.4, -0.2) is 81.5 Å². The van der Waals surface area contributed by atoms with Crippen LogP contribution in [-0.2, 0) is 11.3 Å². The molecule has 0 bridgehead atoms. The summed E-state index contributed by atoms with van der Waals surface area (Å²) in [5.41, 5.74) is 5.11. The van der Waals surface area contributed by atoms with E-state index in [4.69, 9.17) is 10.00 Å². The summed E-state index contributed by atoms with van der Waals surface area (Å²) in [6, 6.07) is 15.8. The van der Waals surface area contributed by atoms with Crippen LogP contribution in [0.2, 0.25) is 0 Å². The van der Waals surface area contributed by atoms with Crippen LogP contribution in [0.15, 0.2) is 48.5 Å². The van der Waals surface area contributed by atoms with Gasteiger partial charge in [0.1, 0.15) is 5.60 Å². The van der Waals surface area contributed by atoms with Crippen LogP contribution >= 0.6 is 0 Å². The lowest BCUT2D eigenvalue weighted by Gasteiger charge is -2.34. The number of aromatic nitrogens is 2. The zero-order valence-electron chi connectivity index (χ0n) is 22.7. The highest BCUT2D eigenvalue weighted by molar-refractivity contribution is 5.94. The summed E-state index contributed by atoms with van der Waals surface area (Å²) in [5, 5.41) is 8.97. The van der Waals surface area contributed by atoms with Gasteiger partial charge in [0, 0.05) is 45.8 Å². The summed E-state index contributed by atoms with van der Waals surface area (Å²) >= 11 is 0. The second-order valence-corrected chi connectivity index (χ2v) is 11.1. The van der Waals surface area contributed by atoms with Gasteiger partial charge in [-0.3, -0.25) is 9.69 Å². The number of rotatable bonds is 4. The van der Waals surface area contributed by atoms with Crippen molar-refractivity contribution < 1.29 is 14.3 Å². The van der Waals surface area contributed by atoms with Crippen molar-refractivity contribution in [2.24, 2.45) is 0 Å². The second kappa shape index (κ2) is 10.9. The molecule has 1 fully saturated rings. The molecule has 9 heteroatoms. The molecule has 0 atom stereocenters. The zero-order valence-corrected chi connectivity index (χ0v) is 22.7. The molecule has 0 spiro atoms. The number of benzene rings is 2. The Kier molecular flexibility index (Phi) is 7.40. The van der Waals surface area contributed by atoms with Gasteiger partial charge >= 0.3 is 6.09 Å². The first-order valence-corrected chi connectivity index (χ1v) is 13.4. The van der Waals surface area contributed by atoms with Crippen molar-refractivity contribution in [2.75, 3.05) is 39.3 Å². The summed E-state index contributed by atoms with van der Waals surface area (Å²) in [4.78, 5) is 39.3. The SMILES string of the molecule is CC(C)(C)OC(=O)N1CC=C(c2ccc3nc(C(=O)N4CCN(Cc5ccc(C#N)cc5)CC4)[nH]c3c2)CC1. The van der Waals surface area contributed by atoms with Gasteiger partial charge in [0.25, 0.3) is 5.91 Å². The number of amides is 2. The number of hydrogen-bond donors (Lipinski definition) is 1.